The lowest BCUT2D eigenvalue weighted by Gasteiger charge is -2.25. The van der Waals surface area contributed by atoms with E-state index in [0.717, 1.165) is 0 Å². The van der Waals surface area contributed by atoms with E-state index in [1.54, 1.807) is 47.4 Å². The van der Waals surface area contributed by atoms with Crippen LogP contribution in [0.1, 0.15) is 26.3 Å². The Balaban J connectivity index is 1.48. The zero-order chi connectivity index (χ0) is 21.1. The van der Waals surface area contributed by atoms with E-state index >= 15 is 0 Å². The third kappa shape index (κ3) is 4.04. The van der Waals surface area contributed by atoms with Gasteiger partial charge in [-0.05, 0) is 35.9 Å². The number of ether oxygens (including phenoxy) is 4. The first-order valence-corrected chi connectivity index (χ1v) is 9.36. The van der Waals surface area contributed by atoms with Crippen LogP contribution in [0.3, 0.4) is 0 Å². The van der Waals surface area contributed by atoms with Gasteiger partial charge in [-0.1, -0.05) is 12.1 Å². The molecule has 2 heterocycles. The molecule has 1 saturated heterocycles. The minimum Gasteiger partial charge on any atom is -0.465 e. The Morgan fingerprint density at radius 1 is 1.07 bits per heavy atom. The summed E-state index contributed by atoms with van der Waals surface area (Å²) in [4.78, 5) is 37.9. The van der Waals surface area contributed by atoms with E-state index < -0.39 is 12.1 Å². The van der Waals surface area contributed by atoms with Crippen LogP contribution >= 0.6 is 0 Å². The van der Waals surface area contributed by atoms with Crippen LogP contribution in [-0.2, 0) is 9.47 Å². The molecule has 2 aromatic carbocycles. The molecule has 0 bridgehead atoms. The number of morpholine rings is 1. The zero-order valence-electron chi connectivity index (χ0n) is 16.3. The molecule has 4 rings (SSSR count). The van der Waals surface area contributed by atoms with Gasteiger partial charge in [0.25, 0.3) is 0 Å². The van der Waals surface area contributed by atoms with Crippen LogP contribution in [-0.4, -0.2) is 56.2 Å². The molecule has 1 amide bonds. The molecular formula is C22H19NO7. The van der Waals surface area contributed by atoms with Crippen molar-refractivity contribution in [2.24, 2.45) is 0 Å². The second-order valence-corrected chi connectivity index (χ2v) is 6.68. The molecule has 0 spiro atoms. The largest absolute Gasteiger partial charge is 0.465 e. The number of allylic oxidation sites excluding steroid dienone is 1. The molecule has 0 aromatic heterocycles. The molecule has 2 aliphatic rings. The number of esters is 1. The van der Waals surface area contributed by atoms with Gasteiger partial charge < -0.3 is 23.8 Å². The van der Waals surface area contributed by atoms with E-state index in [1.165, 1.54) is 13.2 Å². The monoisotopic (exact) mass is 409 g/mol. The van der Waals surface area contributed by atoms with E-state index in [1.807, 2.05) is 0 Å². The summed E-state index contributed by atoms with van der Waals surface area (Å²) in [7, 11) is 1.31. The maximum absolute atomic E-state index is 12.6. The summed E-state index contributed by atoms with van der Waals surface area (Å²) in [6.45, 7) is 1.90. The van der Waals surface area contributed by atoms with E-state index in [9.17, 15) is 14.4 Å². The Morgan fingerprint density at radius 3 is 2.50 bits per heavy atom. The van der Waals surface area contributed by atoms with Gasteiger partial charge in [-0.25, -0.2) is 9.59 Å². The van der Waals surface area contributed by atoms with Crippen LogP contribution in [0.25, 0.3) is 6.08 Å². The summed E-state index contributed by atoms with van der Waals surface area (Å²) in [6, 6.07) is 11.2. The van der Waals surface area contributed by atoms with Crippen LogP contribution in [0.5, 0.6) is 11.5 Å². The summed E-state index contributed by atoms with van der Waals surface area (Å²) in [5, 5.41) is 0. The van der Waals surface area contributed by atoms with Crippen molar-refractivity contribution in [1.82, 2.24) is 4.90 Å². The molecule has 2 aromatic rings. The van der Waals surface area contributed by atoms with Crippen molar-refractivity contribution >= 4 is 23.9 Å². The second-order valence-electron chi connectivity index (χ2n) is 6.68. The number of methoxy groups -OCH3 is 1. The highest BCUT2D eigenvalue weighted by atomic mass is 16.6. The molecular weight excluding hydrogens is 390 g/mol. The predicted molar refractivity (Wildman–Crippen MR) is 106 cm³/mol. The fourth-order valence-corrected chi connectivity index (χ4v) is 3.13. The summed E-state index contributed by atoms with van der Waals surface area (Å²) in [5.41, 5.74) is 1.49. The molecule has 8 nitrogen and oxygen atoms in total. The maximum atomic E-state index is 12.6. The standard InChI is InChI=1S/C22H19NO7/c1-27-21(25)15-4-2-14(3-5-15)12-19-20(24)17-7-6-16(13-18(17)30-19)29-22(26)23-8-10-28-11-9-23/h2-7,12-13H,8-11H2,1H3. The smallest absolute Gasteiger partial charge is 0.415 e. The normalized spacial score (nSPS) is 16.8. The fourth-order valence-electron chi connectivity index (χ4n) is 3.13. The average molecular weight is 409 g/mol. The highest BCUT2D eigenvalue weighted by molar-refractivity contribution is 6.14. The Hall–Kier alpha value is -3.65. The average Bonchev–Trinajstić information content (AvgIpc) is 3.08. The molecule has 0 unspecified atom stereocenters. The lowest BCUT2D eigenvalue weighted by molar-refractivity contribution is 0.0416. The van der Waals surface area contributed by atoms with Crippen molar-refractivity contribution in [3.8, 4) is 11.5 Å². The third-order valence-corrected chi connectivity index (χ3v) is 4.75. The van der Waals surface area contributed by atoms with E-state index in [4.69, 9.17) is 14.2 Å². The summed E-state index contributed by atoms with van der Waals surface area (Å²) in [6.07, 6.45) is 1.12. The Kier molecular flexibility index (Phi) is 5.49. The number of carbonyl (C=O) groups excluding carboxylic acids is 3. The van der Waals surface area contributed by atoms with Gasteiger partial charge in [0.05, 0.1) is 31.5 Å². The molecule has 2 aliphatic heterocycles. The first kappa shape index (κ1) is 19.7. The van der Waals surface area contributed by atoms with Crippen molar-refractivity contribution in [3.05, 3.63) is 64.9 Å². The number of fused-ring (bicyclic) bond motifs is 1. The van der Waals surface area contributed by atoms with Gasteiger partial charge in [0.1, 0.15) is 11.5 Å². The van der Waals surface area contributed by atoms with Crippen LogP contribution < -0.4 is 9.47 Å². The van der Waals surface area contributed by atoms with Crippen molar-refractivity contribution in [2.45, 2.75) is 0 Å². The molecule has 0 aliphatic carbocycles. The number of hydrogen-bond acceptors (Lipinski definition) is 7. The SMILES string of the molecule is COC(=O)c1ccc(C=C2Oc3cc(OC(=O)N4CCOCC4)ccc3C2=O)cc1. The highest BCUT2D eigenvalue weighted by Crippen LogP contribution is 2.35. The Morgan fingerprint density at radius 2 is 1.80 bits per heavy atom. The Bertz CT molecular complexity index is 1020. The molecule has 0 radical (unpaired) electrons. The molecule has 0 atom stereocenters. The van der Waals surface area contributed by atoms with Crippen LogP contribution in [0.15, 0.2) is 48.2 Å². The summed E-state index contributed by atoms with van der Waals surface area (Å²) in [5.74, 6) is 0.0564. The first-order chi connectivity index (χ1) is 14.5. The quantitative estimate of drug-likeness (QED) is 0.569. The number of ketones is 1. The van der Waals surface area contributed by atoms with Crippen molar-refractivity contribution in [2.75, 3.05) is 33.4 Å². The number of benzene rings is 2. The summed E-state index contributed by atoms with van der Waals surface area (Å²) < 4.78 is 21.0. The lowest BCUT2D eigenvalue weighted by atomic mass is 10.1. The third-order valence-electron chi connectivity index (χ3n) is 4.75. The topological polar surface area (TPSA) is 91.4 Å². The van der Waals surface area contributed by atoms with Gasteiger partial charge in [-0.3, -0.25) is 4.79 Å². The predicted octanol–water partition coefficient (Wildman–Crippen LogP) is 2.92. The van der Waals surface area contributed by atoms with Gasteiger partial charge in [0.15, 0.2) is 5.76 Å². The van der Waals surface area contributed by atoms with Gasteiger partial charge in [-0.2, -0.15) is 0 Å². The van der Waals surface area contributed by atoms with Crippen molar-refractivity contribution in [1.29, 1.82) is 0 Å². The number of hydrogen-bond donors (Lipinski definition) is 0. The zero-order valence-corrected chi connectivity index (χ0v) is 16.3. The first-order valence-electron chi connectivity index (χ1n) is 9.36. The number of Topliss-reactive ketones (excluding diaryl/α,β-unsaturated/α-hetero) is 1. The Labute approximate surface area is 172 Å². The minimum absolute atomic E-state index is 0.146. The molecule has 30 heavy (non-hydrogen) atoms. The van der Waals surface area contributed by atoms with Crippen molar-refractivity contribution in [3.63, 3.8) is 0 Å². The maximum Gasteiger partial charge on any atom is 0.415 e. The number of carbonyl (C=O) groups is 3. The minimum atomic E-state index is -0.468. The molecule has 0 saturated carbocycles. The number of amides is 1. The number of nitrogens with zero attached hydrogens (tertiary/aromatic N) is 1. The highest BCUT2D eigenvalue weighted by Gasteiger charge is 2.28. The molecule has 1 fully saturated rings. The summed E-state index contributed by atoms with van der Waals surface area (Å²) >= 11 is 0. The lowest BCUT2D eigenvalue weighted by Crippen LogP contribution is -2.42. The van der Waals surface area contributed by atoms with Crippen LogP contribution in [0, 0.1) is 0 Å². The van der Waals surface area contributed by atoms with E-state index in [-0.39, 0.29) is 11.5 Å². The van der Waals surface area contributed by atoms with Crippen LogP contribution in [0.4, 0.5) is 4.79 Å². The van der Waals surface area contributed by atoms with E-state index in [2.05, 4.69) is 4.74 Å². The van der Waals surface area contributed by atoms with Crippen molar-refractivity contribution < 1.29 is 33.3 Å². The molecule has 154 valence electrons. The van der Waals surface area contributed by atoms with Gasteiger partial charge >= 0.3 is 12.1 Å². The van der Waals surface area contributed by atoms with Crippen LogP contribution in [0.2, 0.25) is 0 Å². The fraction of sp³-hybridized carbons (Fsp3) is 0.227. The molecule has 8 heteroatoms. The molecule has 0 N–H and O–H groups in total. The second kappa shape index (κ2) is 8.38. The van der Waals surface area contributed by atoms with Gasteiger partial charge in [0, 0.05) is 19.2 Å². The number of rotatable bonds is 3. The van der Waals surface area contributed by atoms with Gasteiger partial charge in [0.2, 0.25) is 5.78 Å². The van der Waals surface area contributed by atoms with Gasteiger partial charge in [-0.15, -0.1) is 0 Å². The van der Waals surface area contributed by atoms with E-state index in [0.29, 0.717) is 54.5 Å².